The number of hydrogen-bond acceptors (Lipinski definition) is 2. The summed E-state index contributed by atoms with van der Waals surface area (Å²) < 4.78 is 5.03. The van der Waals surface area contributed by atoms with Crippen molar-refractivity contribution in [2.24, 2.45) is 5.92 Å². The van der Waals surface area contributed by atoms with E-state index in [-0.39, 0.29) is 13.8 Å². The van der Waals surface area contributed by atoms with E-state index in [9.17, 15) is 0 Å². The van der Waals surface area contributed by atoms with Crippen molar-refractivity contribution in [1.82, 2.24) is 0 Å². The summed E-state index contributed by atoms with van der Waals surface area (Å²) in [5.74, 6) is 0.525. The van der Waals surface area contributed by atoms with Gasteiger partial charge in [-0.2, -0.15) is 0 Å². The zero-order chi connectivity index (χ0) is 9.40. The second kappa shape index (κ2) is 7.38. The Morgan fingerprint density at radius 1 is 1.67 bits per heavy atom. The molecule has 0 spiro atoms. The van der Waals surface area contributed by atoms with E-state index < -0.39 is 0 Å². The lowest BCUT2D eigenvalue weighted by Crippen LogP contribution is -2.15. The molecular formula is C9H19BO2. The molecule has 0 fully saturated rings. The van der Waals surface area contributed by atoms with E-state index in [1.165, 1.54) is 6.42 Å². The van der Waals surface area contributed by atoms with Crippen molar-refractivity contribution < 1.29 is 9.68 Å². The van der Waals surface area contributed by atoms with Crippen LogP contribution in [0, 0.1) is 5.92 Å². The largest absolute Gasteiger partial charge is 0.435 e. The Morgan fingerprint density at radius 2 is 2.33 bits per heavy atom. The molecule has 0 rings (SSSR count). The fraction of sp³-hybridized carbons (Fsp3) is 0.778. The van der Waals surface area contributed by atoms with Gasteiger partial charge in [0.05, 0.1) is 0 Å². The van der Waals surface area contributed by atoms with Crippen LogP contribution in [-0.4, -0.2) is 18.8 Å². The van der Waals surface area contributed by atoms with Gasteiger partial charge in [0.1, 0.15) is 0 Å². The Balaban J connectivity index is 3.60. The topological polar surface area (TPSA) is 29.5 Å². The molecular weight excluding hydrogens is 151 g/mol. The maximum atomic E-state index is 8.50. The lowest BCUT2D eigenvalue weighted by atomic mass is 9.97. The van der Waals surface area contributed by atoms with E-state index in [1.54, 1.807) is 0 Å². The molecule has 1 N–H and O–H groups in total. The van der Waals surface area contributed by atoms with Crippen LogP contribution in [0.4, 0.5) is 0 Å². The standard InChI is InChI=1S/C9H19BO2/c1-4-6-9(5-2)7-8(3)12-10-11/h5,8-11H,2,4,6-7H2,1,3H3. The normalized spacial score (nSPS) is 15.2. The summed E-state index contributed by atoms with van der Waals surface area (Å²) in [4.78, 5) is 0. The van der Waals surface area contributed by atoms with Crippen LogP contribution in [0.1, 0.15) is 33.1 Å². The van der Waals surface area contributed by atoms with Crippen LogP contribution < -0.4 is 0 Å². The monoisotopic (exact) mass is 170 g/mol. The molecule has 0 saturated heterocycles. The first kappa shape index (κ1) is 11.7. The minimum absolute atomic E-state index is 0.129. The van der Waals surface area contributed by atoms with Gasteiger partial charge in [-0.25, -0.2) is 0 Å². The van der Waals surface area contributed by atoms with Gasteiger partial charge in [-0.3, -0.25) is 0 Å². The van der Waals surface area contributed by atoms with E-state index in [0.29, 0.717) is 5.92 Å². The second-order valence-electron chi connectivity index (χ2n) is 3.13. The van der Waals surface area contributed by atoms with Crippen molar-refractivity contribution in [2.75, 3.05) is 0 Å². The fourth-order valence-electron chi connectivity index (χ4n) is 1.32. The van der Waals surface area contributed by atoms with Crippen molar-refractivity contribution in [1.29, 1.82) is 0 Å². The summed E-state index contributed by atoms with van der Waals surface area (Å²) in [6.45, 7) is 7.91. The molecule has 12 heavy (non-hydrogen) atoms. The van der Waals surface area contributed by atoms with Gasteiger partial charge in [0.25, 0.3) is 0 Å². The average molecular weight is 170 g/mol. The van der Waals surface area contributed by atoms with E-state index in [0.717, 1.165) is 12.8 Å². The van der Waals surface area contributed by atoms with Crippen LogP contribution in [0.15, 0.2) is 12.7 Å². The van der Waals surface area contributed by atoms with Crippen LogP contribution in [0.25, 0.3) is 0 Å². The fourth-order valence-corrected chi connectivity index (χ4v) is 1.32. The molecule has 0 aliphatic rings. The summed E-state index contributed by atoms with van der Waals surface area (Å²) in [6.07, 6.45) is 5.38. The lowest BCUT2D eigenvalue weighted by molar-refractivity contribution is 0.175. The quantitative estimate of drug-likeness (QED) is 0.464. The van der Waals surface area contributed by atoms with E-state index in [1.807, 2.05) is 13.0 Å². The van der Waals surface area contributed by atoms with Crippen molar-refractivity contribution in [3.8, 4) is 0 Å². The van der Waals surface area contributed by atoms with Gasteiger partial charge in [0, 0.05) is 6.10 Å². The molecule has 0 saturated carbocycles. The highest BCUT2D eigenvalue weighted by molar-refractivity contribution is 6.15. The molecule has 2 atom stereocenters. The van der Waals surface area contributed by atoms with Gasteiger partial charge < -0.3 is 9.68 Å². The maximum Gasteiger partial charge on any atom is 0.435 e. The Labute approximate surface area is 75.9 Å². The molecule has 0 radical (unpaired) electrons. The van der Waals surface area contributed by atoms with Gasteiger partial charge in [0.15, 0.2) is 0 Å². The first-order valence-corrected chi connectivity index (χ1v) is 4.59. The van der Waals surface area contributed by atoms with Crippen LogP contribution in [0.5, 0.6) is 0 Å². The molecule has 2 nitrogen and oxygen atoms in total. The number of rotatable bonds is 7. The molecule has 0 bridgehead atoms. The first-order chi connectivity index (χ1) is 5.74. The Hall–Kier alpha value is -0.275. The Kier molecular flexibility index (Phi) is 7.21. The number of allylic oxidation sites excluding steroid dienone is 1. The summed E-state index contributed by atoms with van der Waals surface area (Å²) in [7, 11) is -0.183. The molecule has 70 valence electrons. The van der Waals surface area contributed by atoms with Crippen molar-refractivity contribution in [2.45, 2.75) is 39.2 Å². The Morgan fingerprint density at radius 3 is 2.75 bits per heavy atom. The third kappa shape index (κ3) is 5.39. The van der Waals surface area contributed by atoms with E-state index in [2.05, 4.69) is 13.5 Å². The van der Waals surface area contributed by atoms with Crippen LogP contribution in [0.3, 0.4) is 0 Å². The molecule has 0 amide bonds. The summed E-state index contributed by atoms with van der Waals surface area (Å²) in [6, 6.07) is 0. The molecule has 0 aliphatic carbocycles. The minimum Gasteiger partial charge on any atom is -0.430 e. The van der Waals surface area contributed by atoms with E-state index >= 15 is 0 Å². The van der Waals surface area contributed by atoms with Gasteiger partial charge in [0.2, 0.25) is 0 Å². The zero-order valence-electron chi connectivity index (χ0n) is 8.12. The highest BCUT2D eigenvalue weighted by Crippen LogP contribution is 2.15. The van der Waals surface area contributed by atoms with Gasteiger partial charge >= 0.3 is 7.69 Å². The van der Waals surface area contributed by atoms with Crippen LogP contribution >= 0.6 is 0 Å². The number of hydrogen-bond donors (Lipinski definition) is 1. The highest BCUT2D eigenvalue weighted by Gasteiger charge is 2.09. The molecule has 0 aromatic rings. The minimum atomic E-state index is -0.183. The second-order valence-corrected chi connectivity index (χ2v) is 3.13. The molecule has 0 aliphatic heterocycles. The van der Waals surface area contributed by atoms with Crippen LogP contribution in [0.2, 0.25) is 0 Å². The molecule has 0 aromatic heterocycles. The van der Waals surface area contributed by atoms with Gasteiger partial charge in [-0.1, -0.05) is 19.4 Å². The molecule has 0 aromatic carbocycles. The Bertz CT molecular complexity index is 117. The smallest absolute Gasteiger partial charge is 0.430 e. The average Bonchev–Trinajstić information content (AvgIpc) is 2.04. The summed E-state index contributed by atoms with van der Waals surface area (Å²) in [5, 5.41) is 8.50. The van der Waals surface area contributed by atoms with Crippen molar-refractivity contribution in [3.05, 3.63) is 12.7 Å². The summed E-state index contributed by atoms with van der Waals surface area (Å²) >= 11 is 0. The molecule has 2 unspecified atom stereocenters. The first-order valence-electron chi connectivity index (χ1n) is 4.59. The third-order valence-electron chi connectivity index (χ3n) is 1.99. The molecule has 0 heterocycles. The predicted molar refractivity (Wildman–Crippen MR) is 53.1 cm³/mol. The predicted octanol–water partition coefficient (Wildman–Crippen LogP) is 1.64. The van der Waals surface area contributed by atoms with Crippen molar-refractivity contribution >= 4 is 7.69 Å². The van der Waals surface area contributed by atoms with Gasteiger partial charge in [-0.05, 0) is 25.7 Å². The highest BCUT2D eigenvalue weighted by atomic mass is 16.5. The summed E-state index contributed by atoms with van der Waals surface area (Å²) in [5.41, 5.74) is 0. The van der Waals surface area contributed by atoms with E-state index in [4.69, 9.17) is 9.68 Å². The van der Waals surface area contributed by atoms with Crippen LogP contribution in [-0.2, 0) is 4.65 Å². The SMILES string of the molecule is C=CC(CCC)CC(C)OBO. The van der Waals surface area contributed by atoms with Gasteiger partial charge in [-0.15, -0.1) is 6.58 Å². The zero-order valence-corrected chi connectivity index (χ0v) is 8.12. The maximum absolute atomic E-state index is 8.50. The molecule has 3 heteroatoms. The van der Waals surface area contributed by atoms with Crippen molar-refractivity contribution in [3.63, 3.8) is 0 Å². The lowest BCUT2D eigenvalue weighted by Gasteiger charge is -2.16. The third-order valence-corrected chi connectivity index (χ3v) is 1.99.